The number of nitrogens with zero attached hydrogens (tertiary/aromatic N) is 1. The number of hydrogen-bond acceptors (Lipinski definition) is 5. The Labute approximate surface area is 156 Å². The fourth-order valence-electron chi connectivity index (χ4n) is 1.62. The number of primary amides is 1. The fourth-order valence-corrected chi connectivity index (χ4v) is 1.62. The molecule has 7 nitrogen and oxygen atoms in total. The summed E-state index contributed by atoms with van der Waals surface area (Å²) >= 11 is 0. The largest absolute Gasteiger partial charge is 0.396 e. The van der Waals surface area contributed by atoms with Crippen molar-refractivity contribution in [3.63, 3.8) is 0 Å². The molecule has 0 bridgehead atoms. The first-order valence-electron chi connectivity index (χ1n) is 8.93. The van der Waals surface area contributed by atoms with Crippen molar-refractivity contribution in [2.45, 2.75) is 60.3 Å². The summed E-state index contributed by atoms with van der Waals surface area (Å²) in [6.45, 7) is 10.5. The predicted octanol–water partition coefficient (Wildman–Crippen LogP) is 1.82. The summed E-state index contributed by atoms with van der Waals surface area (Å²) in [6, 6.07) is 0. The third kappa shape index (κ3) is 16.8. The number of Topliss-reactive ketones (excluding diaryl/α,β-unsaturated/α-hetero) is 1. The average Bonchev–Trinajstić information content (AvgIpc) is 2.83. The van der Waals surface area contributed by atoms with E-state index in [1.165, 1.54) is 12.2 Å². The van der Waals surface area contributed by atoms with Gasteiger partial charge in [-0.25, -0.2) is 0 Å². The van der Waals surface area contributed by atoms with Crippen LogP contribution in [0.5, 0.6) is 0 Å². The summed E-state index contributed by atoms with van der Waals surface area (Å²) < 4.78 is 0. The molecule has 1 rings (SSSR count). The maximum atomic E-state index is 10.9. The molecular formula is C19H34N2O5. The number of ketones is 1. The van der Waals surface area contributed by atoms with Crippen molar-refractivity contribution < 1.29 is 24.3 Å². The SMILES string of the molecule is CC(=O)CCC(C)C.CC(C)CCO.NC(=O)CCN1C(=O)C=CC1=O. The lowest BCUT2D eigenvalue weighted by Crippen LogP contribution is -2.33. The number of aliphatic hydroxyl groups is 1. The van der Waals surface area contributed by atoms with Gasteiger partial charge in [-0.05, 0) is 31.6 Å². The Bertz CT molecular complexity index is 466. The summed E-state index contributed by atoms with van der Waals surface area (Å²) in [4.78, 5) is 43.4. The number of imide groups is 1. The Morgan fingerprint density at radius 3 is 1.69 bits per heavy atom. The molecule has 7 heteroatoms. The fraction of sp³-hybridized carbons (Fsp3) is 0.684. The third-order valence-electron chi connectivity index (χ3n) is 3.26. The van der Waals surface area contributed by atoms with E-state index in [2.05, 4.69) is 27.7 Å². The van der Waals surface area contributed by atoms with Gasteiger partial charge in [-0.15, -0.1) is 0 Å². The lowest BCUT2D eigenvalue weighted by atomic mass is 10.1. The van der Waals surface area contributed by atoms with Gasteiger partial charge >= 0.3 is 0 Å². The topological polar surface area (TPSA) is 118 Å². The van der Waals surface area contributed by atoms with E-state index in [-0.39, 0.29) is 24.8 Å². The molecule has 0 aromatic heterocycles. The van der Waals surface area contributed by atoms with Crippen LogP contribution < -0.4 is 5.73 Å². The monoisotopic (exact) mass is 370 g/mol. The molecule has 3 N–H and O–H groups in total. The molecule has 1 aliphatic rings. The summed E-state index contributed by atoms with van der Waals surface area (Å²) in [5, 5.41) is 8.24. The van der Waals surface area contributed by atoms with Crippen molar-refractivity contribution in [1.29, 1.82) is 0 Å². The van der Waals surface area contributed by atoms with Crippen LogP contribution in [0.3, 0.4) is 0 Å². The highest BCUT2D eigenvalue weighted by Gasteiger charge is 2.22. The van der Waals surface area contributed by atoms with Crippen LogP contribution in [-0.2, 0) is 19.2 Å². The van der Waals surface area contributed by atoms with E-state index in [1.54, 1.807) is 6.92 Å². The lowest BCUT2D eigenvalue weighted by molar-refractivity contribution is -0.137. The van der Waals surface area contributed by atoms with Crippen molar-refractivity contribution in [2.75, 3.05) is 13.2 Å². The quantitative estimate of drug-likeness (QED) is 0.632. The Kier molecular flexibility index (Phi) is 15.4. The Morgan fingerprint density at radius 1 is 1.00 bits per heavy atom. The molecule has 0 aliphatic carbocycles. The zero-order valence-electron chi connectivity index (χ0n) is 16.7. The van der Waals surface area contributed by atoms with Crippen molar-refractivity contribution in [3.05, 3.63) is 12.2 Å². The lowest BCUT2D eigenvalue weighted by Gasteiger charge is -2.11. The number of amides is 3. The Morgan fingerprint density at radius 2 is 1.46 bits per heavy atom. The molecule has 0 saturated carbocycles. The smallest absolute Gasteiger partial charge is 0.253 e. The zero-order valence-corrected chi connectivity index (χ0v) is 16.7. The van der Waals surface area contributed by atoms with Crippen molar-refractivity contribution in [1.82, 2.24) is 4.90 Å². The minimum Gasteiger partial charge on any atom is -0.396 e. The molecule has 1 aliphatic heterocycles. The first-order valence-corrected chi connectivity index (χ1v) is 8.93. The standard InChI is InChI=1S/C7H8N2O3.C7H14O.C5H12O/c8-5(10)3-4-9-6(11)1-2-7(9)12;1-6(2)4-5-7(3)8;1-5(2)3-4-6/h1-2H,3-4H2,(H2,8,10);6H,4-5H2,1-3H3;5-6H,3-4H2,1-2H3. The molecule has 150 valence electrons. The molecule has 0 unspecified atom stereocenters. The van der Waals surface area contributed by atoms with Crippen LogP contribution in [0.4, 0.5) is 0 Å². The average molecular weight is 370 g/mol. The van der Waals surface area contributed by atoms with Gasteiger partial charge < -0.3 is 15.6 Å². The second kappa shape index (κ2) is 15.3. The van der Waals surface area contributed by atoms with Crippen LogP contribution in [0.2, 0.25) is 0 Å². The van der Waals surface area contributed by atoms with E-state index < -0.39 is 5.91 Å². The van der Waals surface area contributed by atoms with E-state index in [4.69, 9.17) is 10.8 Å². The molecule has 0 aromatic carbocycles. The molecule has 0 spiro atoms. The molecule has 0 radical (unpaired) electrons. The highest BCUT2D eigenvalue weighted by Crippen LogP contribution is 2.03. The minimum atomic E-state index is -0.525. The summed E-state index contributed by atoms with van der Waals surface area (Å²) in [5.74, 6) is 0.317. The van der Waals surface area contributed by atoms with Crippen molar-refractivity contribution in [3.8, 4) is 0 Å². The maximum Gasteiger partial charge on any atom is 0.253 e. The van der Waals surface area contributed by atoms with E-state index in [1.807, 2.05) is 0 Å². The number of nitrogens with two attached hydrogens (primary N) is 1. The first-order chi connectivity index (χ1) is 12.0. The van der Waals surface area contributed by atoms with Gasteiger partial charge in [0, 0.05) is 38.1 Å². The van der Waals surface area contributed by atoms with Crippen LogP contribution in [0.15, 0.2) is 12.2 Å². The van der Waals surface area contributed by atoms with Gasteiger partial charge in [0.25, 0.3) is 11.8 Å². The molecule has 3 amide bonds. The van der Waals surface area contributed by atoms with Gasteiger partial charge in [0.15, 0.2) is 0 Å². The number of rotatable bonds is 8. The third-order valence-corrected chi connectivity index (χ3v) is 3.26. The van der Waals surface area contributed by atoms with E-state index in [0.29, 0.717) is 24.2 Å². The molecule has 0 saturated heterocycles. The van der Waals surface area contributed by atoms with Gasteiger partial charge in [0.1, 0.15) is 5.78 Å². The van der Waals surface area contributed by atoms with E-state index >= 15 is 0 Å². The second-order valence-electron chi connectivity index (χ2n) is 6.92. The first kappa shape index (κ1) is 26.2. The molecule has 0 aromatic rings. The molecular weight excluding hydrogens is 336 g/mol. The van der Waals surface area contributed by atoms with Crippen LogP contribution in [0.1, 0.15) is 60.3 Å². The highest BCUT2D eigenvalue weighted by molar-refractivity contribution is 6.13. The molecule has 0 fully saturated rings. The second-order valence-corrected chi connectivity index (χ2v) is 6.92. The summed E-state index contributed by atoms with van der Waals surface area (Å²) in [5.41, 5.74) is 4.85. The Hall–Kier alpha value is -2.02. The number of aliphatic hydroxyl groups excluding tert-OH is 1. The normalized spacial score (nSPS) is 12.7. The highest BCUT2D eigenvalue weighted by atomic mass is 16.3. The van der Waals surface area contributed by atoms with Gasteiger partial charge in [-0.1, -0.05) is 27.7 Å². The number of carbonyl (C=O) groups is 4. The van der Waals surface area contributed by atoms with Gasteiger partial charge in [-0.2, -0.15) is 0 Å². The van der Waals surface area contributed by atoms with Gasteiger partial charge in [0.05, 0.1) is 0 Å². The summed E-state index contributed by atoms with van der Waals surface area (Å²) in [6.07, 6.45) is 5.07. The van der Waals surface area contributed by atoms with Crippen LogP contribution in [-0.4, -0.2) is 46.7 Å². The summed E-state index contributed by atoms with van der Waals surface area (Å²) in [7, 11) is 0. The van der Waals surface area contributed by atoms with Crippen molar-refractivity contribution >= 4 is 23.5 Å². The van der Waals surface area contributed by atoms with Gasteiger partial charge in [0.2, 0.25) is 5.91 Å². The number of carbonyl (C=O) groups excluding carboxylic acids is 4. The zero-order chi connectivity index (χ0) is 20.7. The molecule has 0 atom stereocenters. The minimum absolute atomic E-state index is 0.0131. The Balaban J connectivity index is 0. The van der Waals surface area contributed by atoms with E-state index in [9.17, 15) is 19.2 Å². The van der Waals surface area contributed by atoms with Gasteiger partial charge in [-0.3, -0.25) is 19.3 Å². The molecule has 26 heavy (non-hydrogen) atoms. The van der Waals surface area contributed by atoms with Crippen LogP contribution >= 0.6 is 0 Å². The van der Waals surface area contributed by atoms with Crippen LogP contribution in [0.25, 0.3) is 0 Å². The van der Waals surface area contributed by atoms with E-state index in [0.717, 1.165) is 24.2 Å². The van der Waals surface area contributed by atoms with Crippen molar-refractivity contribution in [2.24, 2.45) is 17.6 Å². The van der Waals surface area contributed by atoms with Crippen LogP contribution in [0, 0.1) is 11.8 Å². The predicted molar refractivity (Wildman–Crippen MR) is 101 cm³/mol. The number of hydrogen-bond donors (Lipinski definition) is 2. The maximum absolute atomic E-state index is 10.9. The molecule has 1 heterocycles.